The lowest BCUT2D eigenvalue weighted by Crippen LogP contribution is -2.23. The molecule has 0 saturated heterocycles. The lowest BCUT2D eigenvalue weighted by atomic mass is 10.2. The van der Waals surface area contributed by atoms with Crippen LogP contribution in [-0.2, 0) is 13.6 Å². The van der Waals surface area contributed by atoms with E-state index in [4.69, 9.17) is 0 Å². The predicted molar refractivity (Wildman–Crippen MR) is 95.1 cm³/mol. The van der Waals surface area contributed by atoms with Gasteiger partial charge >= 0.3 is 0 Å². The second-order valence-electron chi connectivity index (χ2n) is 5.70. The normalized spacial score (nSPS) is 10.8. The maximum absolute atomic E-state index is 11.8. The number of pyridine rings is 1. The largest absolute Gasteiger partial charge is 0.352 e. The van der Waals surface area contributed by atoms with Crippen LogP contribution in [0.25, 0.3) is 11.0 Å². The van der Waals surface area contributed by atoms with Crippen LogP contribution in [0.5, 0.6) is 0 Å². The van der Waals surface area contributed by atoms with Gasteiger partial charge in [0.05, 0.1) is 23.1 Å². The molecule has 0 fully saturated rings. The number of nitrogens with one attached hydrogen (secondary N) is 1. The second kappa shape index (κ2) is 6.70. The summed E-state index contributed by atoms with van der Waals surface area (Å²) >= 11 is 0. The minimum Gasteiger partial charge on any atom is -0.352 e. The fourth-order valence-corrected chi connectivity index (χ4v) is 2.64. The first-order valence-electron chi connectivity index (χ1n) is 7.96. The molecule has 0 aliphatic carbocycles. The third-order valence-electron chi connectivity index (χ3n) is 4.00. The van der Waals surface area contributed by atoms with Gasteiger partial charge in [0.25, 0.3) is 5.91 Å². The summed E-state index contributed by atoms with van der Waals surface area (Å²) in [5.41, 5.74) is 2.67. The number of carbonyl (C=O) groups excluding carboxylic acids is 1. The minimum absolute atomic E-state index is 0.102. The molecule has 0 atom stereocenters. The molecule has 0 bridgehead atoms. The molecule has 6 nitrogen and oxygen atoms in total. The van der Waals surface area contributed by atoms with Crippen molar-refractivity contribution in [2.75, 3.05) is 18.5 Å². The smallest absolute Gasteiger partial charge is 0.252 e. The summed E-state index contributed by atoms with van der Waals surface area (Å²) in [5.74, 6) is 1.66. The number of carbonyl (C=O) groups is 1. The summed E-state index contributed by atoms with van der Waals surface area (Å²) in [7, 11) is 3.98. The van der Waals surface area contributed by atoms with Crippen molar-refractivity contribution >= 4 is 22.8 Å². The Morgan fingerprint density at radius 2 is 2.04 bits per heavy atom. The molecule has 0 spiro atoms. The monoisotopic (exact) mass is 323 g/mol. The van der Waals surface area contributed by atoms with Crippen LogP contribution < -0.4 is 10.2 Å². The first-order valence-corrected chi connectivity index (χ1v) is 7.96. The van der Waals surface area contributed by atoms with E-state index in [1.807, 2.05) is 50.2 Å². The molecule has 3 aromatic rings. The topological polar surface area (TPSA) is 63.1 Å². The molecule has 0 saturated carbocycles. The van der Waals surface area contributed by atoms with Gasteiger partial charge in [-0.15, -0.1) is 0 Å². The first kappa shape index (κ1) is 16.0. The van der Waals surface area contributed by atoms with E-state index >= 15 is 0 Å². The van der Waals surface area contributed by atoms with E-state index in [0.29, 0.717) is 18.7 Å². The Morgan fingerprint density at radius 1 is 1.25 bits per heavy atom. The van der Waals surface area contributed by atoms with Crippen LogP contribution in [0.4, 0.5) is 5.82 Å². The highest BCUT2D eigenvalue weighted by Gasteiger charge is 2.12. The van der Waals surface area contributed by atoms with E-state index in [-0.39, 0.29) is 5.91 Å². The van der Waals surface area contributed by atoms with Crippen molar-refractivity contribution in [1.82, 2.24) is 19.9 Å². The molecule has 24 heavy (non-hydrogen) atoms. The number of aromatic nitrogens is 3. The predicted octanol–water partition coefficient (Wildman–Crippen LogP) is 2.35. The molecule has 3 rings (SSSR count). The van der Waals surface area contributed by atoms with Gasteiger partial charge in [0.15, 0.2) is 0 Å². The number of hydrogen-bond acceptors (Lipinski definition) is 4. The number of benzene rings is 1. The van der Waals surface area contributed by atoms with E-state index in [1.54, 1.807) is 12.3 Å². The molecule has 0 unspecified atom stereocenters. The lowest BCUT2D eigenvalue weighted by Gasteiger charge is -2.18. The molecule has 1 amide bonds. The molecule has 0 aliphatic rings. The highest BCUT2D eigenvalue weighted by atomic mass is 16.1. The van der Waals surface area contributed by atoms with Crippen molar-refractivity contribution in [1.29, 1.82) is 0 Å². The minimum atomic E-state index is -0.102. The quantitative estimate of drug-likeness (QED) is 0.783. The Kier molecular flexibility index (Phi) is 4.46. The van der Waals surface area contributed by atoms with Gasteiger partial charge in [-0.05, 0) is 31.2 Å². The molecule has 0 aliphatic heterocycles. The number of aryl methyl sites for hydroxylation is 1. The molecular formula is C18H21N5O. The fraction of sp³-hybridized carbons (Fsp3) is 0.278. The van der Waals surface area contributed by atoms with Crippen molar-refractivity contribution < 1.29 is 4.79 Å². The number of rotatable bonds is 5. The van der Waals surface area contributed by atoms with E-state index in [1.165, 1.54) is 0 Å². The maximum Gasteiger partial charge on any atom is 0.252 e. The number of nitrogens with zero attached hydrogens (tertiary/aromatic N) is 4. The zero-order valence-corrected chi connectivity index (χ0v) is 14.2. The zero-order valence-electron chi connectivity index (χ0n) is 14.2. The van der Waals surface area contributed by atoms with E-state index in [9.17, 15) is 4.79 Å². The fourth-order valence-electron chi connectivity index (χ4n) is 2.64. The van der Waals surface area contributed by atoms with Crippen LogP contribution in [0.15, 0.2) is 42.6 Å². The van der Waals surface area contributed by atoms with Gasteiger partial charge in [-0.3, -0.25) is 4.79 Å². The average molecular weight is 323 g/mol. The standard InChI is InChI=1S/C18H21N5O/c1-4-19-18(24)13-9-10-16(20-11-13)22(2)12-17-21-14-7-5-6-8-15(14)23(17)3/h5-11H,4,12H2,1-3H3,(H,19,24). The number of amides is 1. The molecule has 124 valence electrons. The Bertz CT molecular complexity index is 853. The number of hydrogen-bond donors (Lipinski definition) is 1. The van der Waals surface area contributed by atoms with Crippen molar-refractivity contribution in [3.63, 3.8) is 0 Å². The summed E-state index contributed by atoms with van der Waals surface area (Å²) < 4.78 is 2.09. The molecule has 1 aromatic carbocycles. The number of anilines is 1. The summed E-state index contributed by atoms with van der Waals surface area (Å²) in [4.78, 5) is 22.9. The number of imidazole rings is 1. The summed E-state index contributed by atoms with van der Waals surface area (Å²) in [6, 6.07) is 11.7. The van der Waals surface area contributed by atoms with Crippen LogP contribution in [0, 0.1) is 0 Å². The van der Waals surface area contributed by atoms with Gasteiger partial charge in [-0.25, -0.2) is 9.97 Å². The van der Waals surface area contributed by atoms with E-state index in [0.717, 1.165) is 22.7 Å². The van der Waals surface area contributed by atoms with Crippen molar-refractivity contribution in [2.45, 2.75) is 13.5 Å². The summed E-state index contributed by atoms with van der Waals surface area (Å²) in [5, 5.41) is 2.77. The third-order valence-corrected chi connectivity index (χ3v) is 4.00. The Balaban J connectivity index is 1.77. The molecule has 0 radical (unpaired) electrons. The van der Waals surface area contributed by atoms with Crippen LogP contribution in [-0.4, -0.2) is 34.0 Å². The van der Waals surface area contributed by atoms with E-state index in [2.05, 4.69) is 25.9 Å². The SMILES string of the molecule is CCNC(=O)c1ccc(N(C)Cc2nc3ccccc3n2C)nc1. The molecular weight excluding hydrogens is 302 g/mol. The van der Waals surface area contributed by atoms with Crippen LogP contribution >= 0.6 is 0 Å². The van der Waals surface area contributed by atoms with Gasteiger partial charge in [-0.2, -0.15) is 0 Å². The van der Waals surface area contributed by atoms with Gasteiger partial charge in [0.2, 0.25) is 0 Å². The molecule has 6 heteroatoms. The molecule has 2 heterocycles. The van der Waals surface area contributed by atoms with Gasteiger partial charge in [0.1, 0.15) is 11.6 Å². The van der Waals surface area contributed by atoms with Crippen LogP contribution in [0.1, 0.15) is 23.1 Å². The molecule has 1 N–H and O–H groups in total. The van der Waals surface area contributed by atoms with Gasteiger partial charge in [0, 0.05) is 26.8 Å². The van der Waals surface area contributed by atoms with Crippen molar-refractivity contribution in [3.8, 4) is 0 Å². The van der Waals surface area contributed by atoms with Crippen LogP contribution in [0.3, 0.4) is 0 Å². The summed E-state index contributed by atoms with van der Waals surface area (Å²) in [6.07, 6.45) is 1.60. The van der Waals surface area contributed by atoms with Gasteiger partial charge < -0.3 is 14.8 Å². The Hall–Kier alpha value is -2.89. The number of para-hydroxylation sites is 2. The second-order valence-corrected chi connectivity index (χ2v) is 5.70. The Labute approximate surface area is 141 Å². The third kappa shape index (κ3) is 3.08. The van der Waals surface area contributed by atoms with Crippen molar-refractivity contribution in [2.24, 2.45) is 7.05 Å². The van der Waals surface area contributed by atoms with E-state index < -0.39 is 0 Å². The van der Waals surface area contributed by atoms with Crippen molar-refractivity contribution in [3.05, 3.63) is 54.0 Å². The average Bonchev–Trinajstić information content (AvgIpc) is 2.91. The maximum atomic E-state index is 11.8. The van der Waals surface area contributed by atoms with Crippen LogP contribution in [0.2, 0.25) is 0 Å². The first-order chi connectivity index (χ1) is 11.6. The summed E-state index contributed by atoms with van der Waals surface area (Å²) in [6.45, 7) is 3.14. The zero-order chi connectivity index (χ0) is 17.1. The highest BCUT2D eigenvalue weighted by Crippen LogP contribution is 2.17. The molecule has 2 aromatic heterocycles. The Morgan fingerprint density at radius 3 is 2.71 bits per heavy atom. The number of fused-ring (bicyclic) bond motifs is 1. The van der Waals surface area contributed by atoms with Gasteiger partial charge in [-0.1, -0.05) is 12.1 Å². The highest BCUT2D eigenvalue weighted by molar-refractivity contribution is 5.94. The lowest BCUT2D eigenvalue weighted by molar-refractivity contribution is 0.0955.